The first-order chi connectivity index (χ1) is 12.7. The van der Waals surface area contributed by atoms with Crippen molar-refractivity contribution in [3.63, 3.8) is 0 Å². The van der Waals surface area contributed by atoms with Gasteiger partial charge in [-0.05, 0) is 56.6 Å². The molecule has 0 fully saturated rings. The number of carbonyl (C=O) groups excluding carboxylic acids is 1. The van der Waals surface area contributed by atoms with Gasteiger partial charge in [-0.15, -0.1) is 0 Å². The maximum atomic E-state index is 12.7. The summed E-state index contributed by atoms with van der Waals surface area (Å²) in [7, 11) is 0. The maximum Gasteiger partial charge on any atom is 0.256 e. The number of nitrogens with zero attached hydrogens (tertiary/aromatic N) is 3. The van der Waals surface area contributed by atoms with Crippen molar-refractivity contribution >= 4 is 11.6 Å². The smallest absolute Gasteiger partial charge is 0.256 e. The van der Waals surface area contributed by atoms with Crippen LogP contribution in [0.25, 0.3) is 5.65 Å². The molecule has 0 aliphatic heterocycles. The number of benzene rings is 1. The molecule has 3 aromatic rings. The molecule has 1 N–H and O–H groups in total. The zero-order chi connectivity index (χ0) is 17.9. The van der Waals surface area contributed by atoms with Crippen molar-refractivity contribution in [2.24, 2.45) is 0 Å². The molecule has 26 heavy (non-hydrogen) atoms. The van der Waals surface area contributed by atoms with E-state index in [-0.39, 0.29) is 11.9 Å². The van der Waals surface area contributed by atoms with Crippen molar-refractivity contribution in [3.8, 4) is 0 Å². The number of hydrogen-bond acceptors (Lipinski definition) is 3. The normalized spacial score (nSPS) is 14.8. The fourth-order valence-electron chi connectivity index (χ4n) is 3.66. The molecular weight excluding hydrogens is 324 g/mol. The van der Waals surface area contributed by atoms with Gasteiger partial charge in [-0.1, -0.05) is 30.3 Å². The lowest BCUT2D eigenvalue weighted by molar-refractivity contribution is 0.0940. The van der Waals surface area contributed by atoms with E-state index in [0.29, 0.717) is 11.2 Å². The van der Waals surface area contributed by atoms with Gasteiger partial charge in [0, 0.05) is 17.9 Å². The molecule has 5 heteroatoms. The highest BCUT2D eigenvalue weighted by atomic mass is 16.1. The van der Waals surface area contributed by atoms with E-state index in [1.807, 2.05) is 35.8 Å². The van der Waals surface area contributed by atoms with Gasteiger partial charge in [0.2, 0.25) is 0 Å². The van der Waals surface area contributed by atoms with Crippen LogP contribution in [0.3, 0.4) is 0 Å². The van der Waals surface area contributed by atoms with Crippen LogP contribution in [-0.4, -0.2) is 26.5 Å². The average molecular weight is 348 g/mol. The molecule has 1 aliphatic rings. The molecule has 1 unspecified atom stereocenters. The van der Waals surface area contributed by atoms with Crippen molar-refractivity contribution in [2.45, 2.75) is 51.5 Å². The standard InChI is InChI=1S/C21H24N4O/c1-15(11-12-16-7-3-2-4-8-16)24-21(26)18-14-23-25-19-10-6-5-9-17(19)13-22-20(18)25/h2-4,7-8,13-15H,5-6,9-12H2,1H3,(H,24,26). The zero-order valence-corrected chi connectivity index (χ0v) is 15.1. The first-order valence-electron chi connectivity index (χ1n) is 9.41. The summed E-state index contributed by atoms with van der Waals surface area (Å²) in [6.07, 6.45) is 9.84. The van der Waals surface area contributed by atoms with Gasteiger partial charge in [0.25, 0.3) is 5.91 Å². The molecule has 2 aromatic heterocycles. The summed E-state index contributed by atoms with van der Waals surface area (Å²) in [4.78, 5) is 17.2. The molecule has 1 aliphatic carbocycles. The van der Waals surface area contributed by atoms with Crippen LogP contribution in [0, 0.1) is 0 Å². The molecule has 2 heterocycles. The molecule has 0 spiro atoms. The van der Waals surface area contributed by atoms with E-state index in [9.17, 15) is 4.79 Å². The van der Waals surface area contributed by atoms with E-state index in [4.69, 9.17) is 0 Å². The quantitative estimate of drug-likeness (QED) is 0.769. The molecule has 1 amide bonds. The Bertz CT molecular complexity index is 916. The van der Waals surface area contributed by atoms with Crippen LogP contribution in [0.5, 0.6) is 0 Å². The third-order valence-corrected chi connectivity index (χ3v) is 5.15. The number of nitrogens with one attached hydrogen (secondary N) is 1. The van der Waals surface area contributed by atoms with E-state index in [1.165, 1.54) is 29.7 Å². The first-order valence-corrected chi connectivity index (χ1v) is 9.41. The van der Waals surface area contributed by atoms with Gasteiger partial charge in [0.1, 0.15) is 5.56 Å². The van der Waals surface area contributed by atoms with Crippen LogP contribution in [0.4, 0.5) is 0 Å². The SMILES string of the molecule is CC(CCc1ccccc1)NC(=O)c1cnn2c3c(cnc12)CCCC3. The lowest BCUT2D eigenvalue weighted by Gasteiger charge is -2.16. The highest BCUT2D eigenvalue weighted by Gasteiger charge is 2.20. The highest BCUT2D eigenvalue weighted by molar-refractivity contribution is 5.99. The summed E-state index contributed by atoms with van der Waals surface area (Å²) in [5.74, 6) is -0.0937. The van der Waals surface area contributed by atoms with Gasteiger partial charge in [-0.3, -0.25) is 4.79 Å². The summed E-state index contributed by atoms with van der Waals surface area (Å²) >= 11 is 0. The third-order valence-electron chi connectivity index (χ3n) is 5.15. The second kappa shape index (κ2) is 7.28. The summed E-state index contributed by atoms with van der Waals surface area (Å²) in [5.41, 5.74) is 4.98. The third kappa shape index (κ3) is 3.34. The van der Waals surface area contributed by atoms with Gasteiger partial charge >= 0.3 is 0 Å². The Morgan fingerprint density at radius 1 is 1.19 bits per heavy atom. The van der Waals surface area contributed by atoms with E-state index < -0.39 is 0 Å². The number of aryl methyl sites for hydroxylation is 3. The molecule has 5 nitrogen and oxygen atoms in total. The fourth-order valence-corrected chi connectivity index (χ4v) is 3.66. The van der Waals surface area contributed by atoms with Crippen LogP contribution >= 0.6 is 0 Å². The number of carbonyl (C=O) groups is 1. The second-order valence-corrected chi connectivity index (χ2v) is 7.13. The molecule has 134 valence electrons. The summed E-state index contributed by atoms with van der Waals surface area (Å²) in [5, 5.41) is 7.54. The Kier molecular flexibility index (Phi) is 4.69. The van der Waals surface area contributed by atoms with Gasteiger partial charge in [-0.25, -0.2) is 9.50 Å². The fraction of sp³-hybridized carbons (Fsp3) is 0.381. The number of amides is 1. The van der Waals surface area contributed by atoms with Gasteiger partial charge in [0.15, 0.2) is 5.65 Å². The maximum absolute atomic E-state index is 12.7. The average Bonchev–Trinajstić information content (AvgIpc) is 3.12. The van der Waals surface area contributed by atoms with Gasteiger partial charge in [-0.2, -0.15) is 5.10 Å². The minimum Gasteiger partial charge on any atom is -0.349 e. The summed E-state index contributed by atoms with van der Waals surface area (Å²) in [6, 6.07) is 10.4. The van der Waals surface area contributed by atoms with Crippen molar-refractivity contribution in [3.05, 3.63) is 65.1 Å². The van der Waals surface area contributed by atoms with Crippen LogP contribution in [0.2, 0.25) is 0 Å². The number of fused-ring (bicyclic) bond motifs is 3. The zero-order valence-electron chi connectivity index (χ0n) is 15.1. The Hall–Kier alpha value is -2.69. The minimum absolute atomic E-state index is 0.0929. The van der Waals surface area contributed by atoms with E-state index >= 15 is 0 Å². The van der Waals surface area contributed by atoms with E-state index in [2.05, 4.69) is 27.5 Å². The minimum atomic E-state index is -0.0937. The molecule has 1 aromatic carbocycles. The second-order valence-electron chi connectivity index (χ2n) is 7.13. The summed E-state index contributed by atoms with van der Waals surface area (Å²) in [6.45, 7) is 2.04. The van der Waals surface area contributed by atoms with Crippen LogP contribution in [-0.2, 0) is 19.3 Å². The predicted octanol–water partition coefficient (Wildman–Crippen LogP) is 3.36. The number of aromatic nitrogens is 3. The monoisotopic (exact) mass is 348 g/mol. The molecule has 0 radical (unpaired) electrons. The van der Waals surface area contributed by atoms with Crippen LogP contribution in [0.1, 0.15) is 53.4 Å². The molecule has 0 bridgehead atoms. The van der Waals surface area contributed by atoms with E-state index in [1.54, 1.807) is 6.20 Å². The number of rotatable bonds is 5. The molecular formula is C21H24N4O. The van der Waals surface area contributed by atoms with Crippen LogP contribution < -0.4 is 5.32 Å². The lowest BCUT2D eigenvalue weighted by Crippen LogP contribution is -2.33. The Labute approximate surface area is 153 Å². The Morgan fingerprint density at radius 3 is 2.85 bits per heavy atom. The van der Waals surface area contributed by atoms with Crippen molar-refractivity contribution in [1.29, 1.82) is 0 Å². The number of hydrogen-bond donors (Lipinski definition) is 1. The van der Waals surface area contributed by atoms with Crippen molar-refractivity contribution in [2.75, 3.05) is 0 Å². The highest BCUT2D eigenvalue weighted by Crippen LogP contribution is 2.22. The summed E-state index contributed by atoms with van der Waals surface area (Å²) < 4.78 is 1.86. The Balaban J connectivity index is 1.46. The topological polar surface area (TPSA) is 59.3 Å². The van der Waals surface area contributed by atoms with Crippen molar-refractivity contribution < 1.29 is 4.79 Å². The molecule has 1 atom stereocenters. The molecule has 0 saturated carbocycles. The Morgan fingerprint density at radius 2 is 2.00 bits per heavy atom. The van der Waals surface area contributed by atoms with Crippen molar-refractivity contribution in [1.82, 2.24) is 19.9 Å². The van der Waals surface area contributed by atoms with Gasteiger partial charge in [0.05, 0.1) is 6.20 Å². The first kappa shape index (κ1) is 16.8. The van der Waals surface area contributed by atoms with E-state index in [0.717, 1.165) is 25.7 Å². The van der Waals surface area contributed by atoms with Gasteiger partial charge < -0.3 is 5.32 Å². The molecule has 0 saturated heterocycles. The lowest BCUT2D eigenvalue weighted by atomic mass is 9.97. The predicted molar refractivity (Wildman–Crippen MR) is 101 cm³/mol. The molecule has 4 rings (SSSR count). The van der Waals surface area contributed by atoms with Crippen LogP contribution in [0.15, 0.2) is 42.7 Å². The largest absolute Gasteiger partial charge is 0.349 e.